The Hall–Kier alpha value is -2.63. The molecule has 6 nitrogen and oxygen atoms in total. The quantitative estimate of drug-likeness (QED) is 0.848. The number of carbonyl (C=O) groups is 2. The molecule has 0 spiro atoms. The summed E-state index contributed by atoms with van der Waals surface area (Å²) in [5, 5.41) is 10.2. The SMILES string of the molecule is Cc1nn(C)c(C)c1CCC(=O)Nc1cccc(C(=O)NC2CC2)c1. The van der Waals surface area contributed by atoms with E-state index < -0.39 is 0 Å². The Balaban J connectivity index is 1.58. The van der Waals surface area contributed by atoms with Gasteiger partial charge in [0.25, 0.3) is 5.91 Å². The summed E-state index contributed by atoms with van der Waals surface area (Å²) < 4.78 is 1.84. The number of rotatable bonds is 6. The van der Waals surface area contributed by atoms with Crippen molar-refractivity contribution in [3.63, 3.8) is 0 Å². The van der Waals surface area contributed by atoms with Crippen LogP contribution in [-0.2, 0) is 18.3 Å². The largest absolute Gasteiger partial charge is 0.349 e. The van der Waals surface area contributed by atoms with Gasteiger partial charge in [-0.05, 0) is 56.9 Å². The van der Waals surface area contributed by atoms with Gasteiger partial charge in [-0.3, -0.25) is 14.3 Å². The van der Waals surface area contributed by atoms with Crippen molar-refractivity contribution >= 4 is 17.5 Å². The molecule has 1 heterocycles. The van der Waals surface area contributed by atoms with Gasteiger partial charge in [-0.25, -0.2) is 0 Å². The number of amides is 2. The van der Waals surface area contributed by atoms with Gasteiger partial charge >= 0.3 is 0 Å². The summed E-state index contributed by atoms with van der Waals surface area (Å²) in [6, 6.07) is 7.38. The van der Waals surface area contributed by atoms with Crippen LogP contribution in [0.3, 0.4) is 0 Å². The second-order valence-electron chi connectivity index (χ2n) is 6.65. The van der Waals surface area contributed by atoms with E-state index in [4.69, 9.17) is 0 Å². The van der Waals surface area contributed by atoms with Crippen LogP contribution in [0.5, 0.6) is 0 Å². The van der Waals surface area contributed by atoms with Crippen LogP contribution in [0.25, 0.3) is 0 Å². The van der Waals surface area contributed by atoms with Crippen LogP contribution in [0.2, 0.25) is 0 Å². The van der Waals surface area contributed by atoms with Crippen molar-refractivity contribution in [2.75, 3.05) is 5.32 Å². The monoisotopic (exact) mass is 340 g/mol. The van der Waals surface area contributed by atoms with Crippen molar-refractivity contribution in [1.29, 1.82) is 0 Å². The number of hydrogen-bond donors (Lipinski definition) is 2. The predicted octanol–water partition coefficient (Wildman–Crippen LogP) is 2.50. The van der Waals surface area contributed by atoms with Crippen molar-refractivity contribution in [3.8, 4) is 0 Å². The van der Waals surface area contributed by atoms with Gasteiger partial charge in [-0.15, -0.1) is 0 Å². The first kappa shape index (κ1) is 17.2. The van der Waals surface area contributed by atoms with Gasteiger partial charge in [0, 0.05) is 36.5 Å². The Bertz CT molecular complexity index is 806. The maximum Gasteiger partial charge on any atom is 0.251 e. The molecular formula is C19H24N4O2. The topological polar surface area (TPSA) is 76.0 Å². The molecule has 0 atom stereocenters. The van der Waals surface area contributed by atoms with Crippen LogP contribution >= 0.6 is 0 Å². The molecular weight excluding hydrogens is 316 g/mol. The van der Waals surface area contributed by atoms with E-state index in [0.717, 1.165) is 29.8 Å². The fraction of sp³-hybridized carbons (Fsp3) is 0.421. The van der Waals surface area contributed by atoms with Crippen LogP contribution in [0.1, 0.15) is 46.6 Å². The molecule has 25 heavy (non-hydrogen) atoms. The molecule has 0 unspecified atom stereocenters. The second-order valence-corrected chi connectivity index (χ2v) is 6.65. The summed E-state index contributed by atoms with van der Waals surface area (Å²) >= 11 is 0. The van der Waals surface area contributed by atoms with Crippen molar-refractivity contribution in [2.24, 2.45) is 7.05 Å². The maximum absolute atomic E-state index is 12.2. The zero-order valence-corrected chi connectivity index (χ0v) is 14.9. The standard InChI is InChI=1S/C19H24N4O2/c1-12-17(13(2)23(3)22-12)9-10-18(24)20-16-6-4-5-14(11-16)19(25)21-15-7-8-15/h4-6,11,15H,7-10H2,1-3H3,(H,20,24)(H,21,25). The first-order chi connectivity index (χ1) is 11.9. The molecule has 2 N–H and O–H groups in total. The van der Waals surface area contributed by atoms with Crippen molar-refractivity contribution < 1.29 is 9.59 Å². The van der Waals surface area contributed by atoms with E-state index in [9.17, 15) is 9.59 Å². The molecule has 1 aliphatic rings. The van der Waals surface area contributed by atoms with Gasteiger partial charge in [0.1, 0.15) is 0 Å². The fourth-order valence-electron chi connectivity index (χ4n) is 2.88. The second kappa shape index (κ2) is 7.09. The van der Waals surface area contributed by atoms with Crippen LogP contribution in [0.4, 0.5) is 5.69 Å². The third-order valence-corrected chi connectivity index (χ3v) is 4.58. The van der Waals surface area contributed by atoms with E-state index in [0.29, 0.717) is 30.1 Å². The molecule has 2 amide bonds. The zero-order chi connectivity index (χ0) is 18.0. The van der Waals surface area contributed by atoms with E-state index in [2.05, 4.69) is 15.7 Å². The van der Waals surface area contributed by atoms with E-state index in [1.54, 1.807) is 24.3 Å². The molecule has 0 aliphatic heterocycles. The van der Waals surface area contributed by atoms with Crippen molar-refractivity contribution in [3.05, 3.63) is 46.8 Å². The van der Waals surface area contributed by atoms with Gasteiger partial charge in [-0.1, -0.05) is 6.07 Å². The first-order valence-corrected chi connectivity index (χ1v) is 8.64. The molecule has 3 rings (SSSR count). The lowest BCUT2D eigenvalue weighted by Crippen LogP contribution is -2.25. The molecule has 2 aromatic rings. The number of aromatic nitrogens is 2. The van der Waals surface area contributed by atoms with Gasteiger partial charge in [-0.2, -0.15) is 5.10 Å². The lowest BCUT2D eigenvalue weighted by atomic mass is 10.1. The number of nitrogens with one attached hydrogen (secondary N) is 2. The number of benzene rings is 1. The third kappa shape index (κ3) is 4.26. The molecule has 1 saturated carbocycles. The highest BCUT2D eigenvalue weighted by Crippen LogP contribution is 2.20. The molecule has 1 fully saturated rings. The lowest BCUT2D eigenvalue weighted by Gasteiger charge is -2.08. The Morgan fingerprint density at radius 2 is 2.04 bits per heavy atom. The summed E-state index contributed by atoms with van der Waals surface area (Å²) in [6.45, 7) is 3.97. The minimum Gasteiger partial charge on any atom is -0.349 e. The molecule has 132 valence electrons. The van der Waals surface area contributed by atoms with Gasteiger partial charge in [0.05, 0.1) is 5.69 Å². The fourth-order valence-corrected chi connectivity index (χ4v) is 2.88. The lowest BCUT2D eigenvalue weighted by molar-refractivity contribution is -0.116. The van der Waals surface area contributed by atoms with Gasteiger partial charge < -0.3 is 10.6 Å². The molecule has 0 radical (unpaired) electrons. The Labute approximate surface area is 147 Å². The average Bonchev–Trinajstić information content (AvgIpc) is 3.34. The third-order valence-electron chi connectivity index (χ3n) is 4.58. The molecule has 6 heteroatoms. The van der Waals surface area contributed by atoms with Crippen molar-refractivity contribution in [2.45, 2.75) is 45.6 Å². The number of nitrogens with zero attached hydrogens (tertiary/aromatic N) is 2. The number of hydrogen-bond acceptors (Lipinski definition) is 3. The molecule has 0 bridgehead atoms. The summed E-state index contributed by atoms with van der Waals surface area (Å²) in [6.07, 6.45) is 3.13. The average molecular weight is 340 g/mol. The number of anilines is 1. The Morgan fingerprint density at radius 1 is 1.28 bits per heavy atom. The molecule has 0 saturated heterocycles. The van der Waals surface area contributed by atoms with E-state index in [-0.39, 0.29) is 11.8 Å². The van der Waals surface area contributed by atoms with Crippen LogP contribution in [0, 0.1) is 13.8 Å². The molecule has 1 aromatic heterocycles. The summed E-state index contributed by atoms with van der Waals surface area (Å²) in [7, 11) is 1.91. The van der Waals surface area contributed by atoms with E-state index >= 15 is 0 Å². The van der Waals surface area contributed by atoms with Crippen LogP contribution in [-0.4, -0.2) is 27.6 Å². The molecule has 1 aliphatic carbocycles. The maximum atomic E-state index is 12.2. The number of carbonyl (C=O) groups excluding carboxylic acids is 2. The van der Waals surface area contributed by atoms with E-state index in [1.807, 2.05) is 25.6 Å². The van der Waals surface area contributed by atoms with E-state index in [1.165, 1.54) is 0 Å². The highest BCUT2D eigenvalue weighted by Gasteiger charge is 2.23. The minimum atomic E-state index is -0.0831. The Morgan fingerprint density at radius 3 is 2.68 bits per heavy atom. The first-order valence-electron chi connectivity index (χ1n) is 8.64. The smallest absolute Gasteiger partial charge is 0.251 e. The normalized spacial score (nSPS) is 13.6. The Kier molecular flexibility index (Phi) is 4.88. The predicted molar refractivity (Wildman–Crippen MR) is 96.6 cm³/mol. The van der Waals surface area contributed by atoms with Gasteiger partial charge in [0.15, 0.2) is 0 Å². The highest BCUT2D eigenvalue weighted by molar-refractivity contribution is 5.97. The van der Waals surface area contributed by atoms with Gasteiger partial charge in [0.2, 0.25) is 5.91 Å². The summed E-state index contributed by atoms with van der Waals surface area (Å²) in [5.74, 6) is -0.150. The minimum absolute atomic E-state index is 0.0672. The summed E-state index contributed by atoms with van der Waals surface area (Å²) in [5.41, 5.74) is 4.39. The molecule has 1 aromatic carbocycles. The van der Waals surface area contributed by atoms with Crippen molar-refractivity contribution in [1.82, 2.24) is 15.1 Å². The van der Waals surface area contributed by atoms with Crippen LogP contribution < -0.4 is 10.6 Å². The highest BCUT2D eigenvalue weighted by atomic mass is 16.2. The zero-order valence-electron chi connectivity index (χ0n) is 14.9. The summed E-state index contributed by atoms with van der Waals surface area (Å²) in [4.78, 5) is 24.3. The number of aryl methyl sites for hydroxylation is 2. The van der Waals surface area contributed by atoms with Crippen LogP contribution in [0.15, 0.2) is 24.3 Å².